The number of aryl methyl sites for hydroxylation is 1. The number of nitrogens with one attached hydrogen (secondary N) is 1. The summed E-state index contributed by atoms with van der Waals surface area (Å²) in [6.07, 6.45) is 0. The van der Waals surface area contributed by atoms with E-state index in [-0.39, 0.29) is 24.1 Å². The van der Waals surface area contributed by atoms with E-state index in [1.54, 1.807) is 48.5 Å². The van der Waals surface area contributed by atoms with E-state index in [1.807, 2.05) is 31.2 Å². The predicted molar refractivity (Wildman–Crippen MR) is 120 cm³/mol. The fourth-order valence-corrected chi connectivity index (χ4v) is 3.61. The fourth-order valence-electron chi connectivity index (χ4n) is 3.36. The highest BCUT2D eigenvalue weighted by Crippen LogP contribution is 2.32. The highest BCUT2D eigenvalue weighted by atomic mass is 35.5. The molecule has 4 rings (SSSR count). The molecule has 150 valence electrons. The minimum atomic E-state index is -0.374. The van der Waals surface area contributed by atoms with Crippen LogP contribution in [0, 0.1) is 6.92 Å². The lowest BCUT2D eigenvalue weighted by Crippen LogP contribution is -2.32. The number of carbonyl (C=O) groups is 2. The molecular formula is C24H18Cl2N2O2. The van der Waals surface area contributed by atoms with E-state index in [0.29, 0.717) is 21.2 Å². The first-order valence-corrected chi connectivity index (χ1v) is 10.1. The molecule has 0 fully saturated rings. The monoisotopic (exact) mass is 436 g/mol. The molecule has 1 aliphatic rings. The van der Waals surface area contributed by atoms with Gasteiger partial charge in [0.05, 0.1) is 12.1 Å². The molecule has 0 aliphatic carbocycles. The average molecular weight is 437 g/mol. The highest BCUT2D eigenvalue weighted by molar-refractivity contribution is 6.37. The third-order valence-corrected chi connectivity index (χ3v) is 5.35. The highest BCUT2D eigenvalue weighted by Gasteiger charge is 2.39. The van der Waals surface area contributed by atoms with Crippen molar-refractivity contribution in [2.24, 2.45) is 0 Å². The Bertz CT molecular complexity index is 1150. The Morgan fingerprint density at radius 2 is 1.47 bits per heavy atom. The first-order valence-electron chi connectivity index (χ1n) is 9.37. The maximum absolute atomic E-state index is 13.3. The Morgan fingerprint density at radius 1 is 0.833 bits per heavy atom. The van der Waals surface area contributed by atoms with Crippen LogP contribution < -0.4 is 5.32 Å². The van der Waals surface area contributed by atoms with Gasteiger partial charge in [0.15, 0.2) is 0 Å². The second-order valence-corrected chi connectivity index (χ2v) is 7.95. The minimum Gasteiger partial charge on any atom is -0.350 e. The summed E-state index contributed by atoms with van der Waals surface area (Å²) in [6.45, 7) is 2.12. The molecule has 0 spiro atoms. The number of rotatable bonds is 5. The third kappa shape index (κ3) is 4.11. The van der Waals surface area contributed by atoms with Gasteiger partial charge in [0.2, 0.25) is 0 Å². The number of halogens is 2. The molecule has 3 aromatic carbocycles. The Labute approximate surface area is 184 Å². The SMILES string of the molecule is Cc1cccc(NC2=C(c3ccc(Cl)cc3)C(=O)N(Cc3ccc(Cl)cc3)C2=O)c1. The summed E-state index contributed by atoms with van der Waals surface area (Å²) >= 11 is 12.0. The molecule has 6 heteroatoms. The molecular weight excluding hydrogens is 419 g/mol. The lowest BCUT2D eigenvalue weighted by Gasteiger charge is -2.15. The van der Waals surface area contributed by atoms with Crippen LogP contribution in [0.1, 0.15) is 16.7 Å². The predicted octanol–water partition coefficient (Wildman–Crippen LogP) is 5.69. The molecule has 0 bridgehead atoms. The van der Waals surface area contributed by atoms with Gasteiger partial charge in [-0.25, -0.2) is 0 Å². The van der Waals surface area contributed by atoms with Crippen molar-refractivity contribution in [3.05, 3.63) is 105 Å². The molecule has 30 heavy (non-hydrogen) atoms. The maximum Gasteiger partial charge on any atom is 0.278 e. The first-order chi connectivity index (χ1) is 14.4. The van der Waals surface area contributed by atoms with Crippen molar-refractivity contribution in [2.75, 3.05) is 5.32 Å². The van der Waals surface area contributed by atoms with Crippen molar-refractivity contribution in [3.63, 3.8) is 0 Å². The van der Waals surface area contributed by atoms with Crippen LogP contribution >= 0.6 is 23.2 Å². The summed E-state index contributed by atoms with van der Waals surface area (Å²) in [5.41, 5.74) is 3.81. The van der Waals surface area contributed by atoms with E-state index in [9.17, 15) is 9.59 Å². The van der Waals surface area contributed by atoms with E-state index in [1.165, 1.54) is 4.90 Å². The lowest BCUT2D eigenvalue weighted by molar-refractivity contribution is -0.137. The Hall–Kier alpha value is -3.08. The zero-order valence-electron chi connectivity index (χ0n) is 16.2. The number of nitrogens with zero attached hydrogens (tertiary/aromatic N) is 1. The van der Waals surface area contributed by atoms with E-state index < -0.39 is 0 Å². The van der Waals surface area contributed by atoms with Crippen molar-refractivity contribution in [3.8, 4) is 0 Å². The standard InChI is InChI=1S/C24H18Cl2N2O2/c1-15-3-2-4-20(13-15)27-22-21(17-7-11-19(26)12-8-17)23(29)28(24(22)30)14-16-5-9-18(25)10-6-16/h2-13,27H,14H2,1H3. The van der Waals surface area contributed by atoms with Crippen LogP contribution in [0.2, 0.25) is 10.0 Å². The van der Waals surface area contributed by atoms with Crippen molar-refractivity contribution in [2.45, 2.75) is 13.5 Å². The van der Waals surface area contributed by atoms with Gasteiger partial charge in [-0.15, -0.1) is 0 Å². The van der Waals surface area contributed by atoms with Gasteiger partial charge in [-0.2, -0.15) is 0 Å². The quantitative estimate of drug-likeness (QED) is 0.522. The van der Waals surface area contributed by atoms with Gasteiger partial charge >= 0.3 is 0 Å². The van der Waals surface area contributed by atoms with Crippen LogP contribution in [0.15, 0.2) is 78.5 Å². The van der Waals surface area contributed by atoms with Crippen molar-refractivity contribution in [1.29, 1.82) is 0 Å². The van der Waals surface area contributed by atoms with Gasteiger partial charge in [0, 0.05) is 15.7 Å². The average Bonchev–Trinajstić information content (AvgIpc) is 2.95. The molecule has 1 heterocycles. The number of hydrogen-bond acceptors (Lipinski definition) is 3. The van der Waals surface area contributed by atoms with Crippen molar-refractivity contribution in [1.82, 2.24) is 4.90 Å². The van der Waals surface area contributed by atoms with Crippen LogP contribution in [0.4, 0.5) is 5.69 Å². The molecule has 1 N–H and O–H groups in total. The van der Waals surface area contributed by atoms with Crippen LogP contribution in [0.25, 0.3) is 5.57 Å². The van der Waals surface area contributed by atoms with Gasteiger partial charge in [0.25, 0.3) is 11.8 Å². The number of amides is 2. The van der Waals surface area contributed by atoms with E-state index in [4.69, 9.17) is 23.2 Å². The van der Waals surface area contributed by atoms with Crippen LogP contribution in [-0.4, -0.2) is 16.7 Å². The Morgan fingerprint density at radius 3 is 2.10 bits per heavy atom. The number of hydrogen-bond donors (Lipinski definition) is 1. The summed E-state index contributed by atoms with van der Waals surface area (Å²) in [4.78, 5) is 27.8. The zero-order valence-corrected chi connectivity index (χ0v) is 17.7. The van der Waals surface area contributed by atoms with E-state index >= 15 is 0 Å². The molecule has 0 radical (unpaired) electrons. The minimum absolute atomic E-state index is 0.158. The van der Waals surface area contributed by atoms with E-state index in [2.05, 4.69) is 5.32 Å². The number of carbonyl (C=O) groups excluding carboxylic acids is 2. The molecule has 4 nitrogen and oxygen atoms in total. The molecule has 0 saturated heterocycles. The third-order valence-electron chi connectivity index (χ3n) is 4.84. The second kappa shape index (κ2) is 8.34. The number of benzene rings is 3. The first kappa shape index (κ1) is 20.2. The van der Waals surface area contributed by atoms with Gasteiger partial charge in [-0.1, -0.05) is 59.6 Å². The molecule has 1 aliphatic heterocycles. The summed E-state index contributed by atoms with van der Waals surface area (Å²) in [7, 11) is 0. The summed E-state index contributed by atoms with van der Waals surface area (Å²) in [5, 5.41) is 4.32. The van der Waals surface area contributed by atoms with Gasteiger partial charge < -0.3 is 5.32 Å². The van der Waals surface area contributed by atoms with E-state index in [0.717, 1.165) is 16.8 Å². The molecule has 0 aromatic heterocycles. The second-order valence-electron chi connectivity index (χ2n) is 7.07. The van der Waals surface area contributed by atoms with Gasteiger partial charge in [-0.3, -0.25) is 14.5 Å². The molecule has 0 atom stereocenters. The largest absolute Gasteiger partial charge is 0.350 e. The number of imide groups is 1. The molecule has 0 saturated carbocycles. The summed E-state index contributed by atoms with van der Waals surface area (Å²) in [5.74, 6) is -0.728. The number of anilines is 1. The lowest BCUT2D eigenvalue weighted by atomic mass is 10.0. The maximum atomic E-state index is 13.3. The summed E-state index contributed by atoms with van der Waals surface area (Å²) in [6, 6.07) is 21.6. The van der Waals surface area contributed by atoms with Crippen molar-refractivity contribution >= 4 is 46.3 Å². The normalized spacial score (nSPS) is 13.9. The van der Waals surface area contributed by atoms with Gasteiger partial charge in [-0.05, 0) is 60.0 Å². The topological polar surface area (TPSA) is 49.4 Å². The molecule has 3 aromatic rings. The molecule has 0 unspecified atom stereocenters. The molecule has 2 amide bonds. The van der Waals surface area contributed by atoms with Crippen LogP contribution in [0.3, 0.4) is 0 Å². The van der Waals surface area contributed by atoms with Crippen LogP contribution in [-0.2, 0) is 16.1 Å². The fraction of sp³-hybridized carbons (Fsp3) is 0.0833. The van der Waals surface area contributed by atoms with Gasteiger partial charge in [0.1, 0.15) is 5.70 Å². The Kier molecular flexibility index (Phi) is 5.62. The van der Waals surface area contributed by atoms with Crippen LogP contribution in [0.5, 0.6) is 0 Å². The Balaban J connectivity index is 1.73. The van der Waals surface area contributed by atoms with Crippen molar-refractivity contribution < 1.29 is 9.59 Å². The summed E-state index contributed by atoms with van der Waals surface area (Å²) < 4.78 is 0. The smallest absolute Gasteiger partial charge is 0.278 e. The zero-order chi connectivity index (χ0) is 21.3.